The molecule has 2 aliphatic rings. The molecule has 4 heteroatoms. The first-order valence-electron chi connectivity index (χ1n) is 10.9. The molecule has 4 rings (SSSR count). The number of likely N-dealkylation sites (tertiary alicyclic amines) is 1. The molecule has 1 fully saturated rings. The van der Waals surface area contributed by atoms with E-state index in [4.69, 9.17) is 9.47 Å². The van der Waals surface area contributed by atoms with E-state index in [1.165, 1.54) is 69.2 Å². The Morgan fingerprint density at radius 2 is 1.90 bits per heavy atom. The molecule has 1 saturated heterocycles. The van der Waals surface area contributed by atoms with E-state index in [9.17, 15) is 0 Å². The molecule has 1 atom stereocenters. The van der Waals surface area contributed by atoms with Crippen LogP contribution in [0.25, 0.3) is 0 Å². The Hall–Kier alpha value is -1.71. The molecule has 1 aliphatic carbocycles. The van der Waals surface area contributed by atoms with Gasteiger partial charge in [0, 0.05) is 11.1 Å². The van der Waals surface area contributed by atoms with Crippen LogP contribution in [0.3, 0.4) is 0 Å². The monoisotopic (exact) mass is 415 g/mol. The summed E-state index contributed by atoms with van der Waals surface area (Å²) in [5.74, 6) is 1.85. The zero-order valence-corrected chi connectivity index (χ0v) is 18.6. The van der Waals surface area contributed by atoms with Crippen LogP contribution in [0.1, 0.15) is 55.7 Å². The molecule has 2 aromatic rings. The first kappa shape index (κ1) is 22.0. The Bertz CT molecular complexity index is 807. The Labute approximate surface area is 181 Å². The smallest absolute Gasteiger partial charge is 0.125 e. The van der Waals surface area contributed by atoms with Gasteiger partial charge >= 0.3 is 0 Å². The van der Waals surface area contributed by atoms with Gasteiger partial charge in [-0.15, -0.1) is 12.4 Å². The summed E-state index contributed by atoms with van der Waals surface area (Å²) >= 11 is 0. The molecule has 2 aromatic carbocycles. The summed E-state index contributed by atoms with van der Waals surface area (Å²) in [4.78, 5) is 2.80. The molecule has 0 saturated carbocycles. The fourth-order valence-corrected chi connectivity index (χ4v) is 5.14. The predicted molar refractivity (Wildman–Crippen MR) is 121 cm³/mol. The van der Waals surface area contributed by atoms with Crippen LogP contribution < -0.4 is 9.47 Å². The van der Waals surface area contributed by atoms with E-state index in [-0.39, 0.29) is 12.4 Å². The summed E-state index contributed by atoms with van der Waals surface area (Å²) in [5.41, 5.74) is 4.49. The molecular formula is C25H34ClNO2. The minimum absolute atomic E-state index is 0. The molecule has 0 amide bonds. The maximum Gasteiger partial charge on any atom is 0.125 e. The minimum atomic E-state index is 0. The second-order valence-electron chi connectivity index (χ2n) is 8.38. The van der Waals surface area contributed by atoms with Gasteiger partial charge in [0.1, 0.15) is 18.1 Å². The number of nitrogens with zero attached hydrogens (tertiary/aromatic N) is 1. The summed E-state index contributed by atoms with van der Waals surface area (Å²) < 4.78 is 11.5. The highest BCUT2D eigenvalue weighted by atomic mass is 35.5. The first-order chi connectivity index (χ1) is 13.7. The van der Waals surface area contributed by atoms with Crippen molar-refractivity contribution in [3.8, 4) is 11.5 Å². The van der Waals surface area contributed by atoms with Crippen molar-refractivity contribution in [3.63, 3.8) is 0 Å². The highest BCUT2D eigenvalue weighted by Gasteiger charge is 2.40. The molecule has 1 spiro atoms. The van der Waals surface area contributed by atoms with Crippen LogP contribution >= 0.6 is 12.4 Å². The maximum absolute atomic E-state index is 6.11. The number of benzene rings is 2. The van der Waals surface area contributed by atoms with Crippen molar-refractivity contribution in [2.75, 3.05) is 20.2 Å². The van der Waals surface area contributed by atoms with Crippen molar-refractivity contribution in [3.05, 3.63) is 59.2 Å². The summed E-state index contributed by atoms with van der Waals surface area (Å²) in [6.07, 6.45) is 9.02. The number of fused-ring (bicyclic) bond motifs is 1. The van der Waals surface area contributed by atoms with Gasteiger partial charge < -0.3 is 9.47 Å². The van der Waals surface area contributed by atoms with Crippen molar-refractivity contribution in [1.29, 1.82) is 0 Å². The quantitative estimate of drug-likeness (QED) is 0.593. The van der Waals surface area contributed by atoms with Crippen LogP contribution in [0.15, 0.2) is 42.5 Å². The van der Waals surface area contributed by atoms with Gasteiger partial charge in [0.2, 0.25) is 0 Å². The molecular weight excluding hydrogens is 382 g/mol. The van der Waals surface area contributed by atoms with Gasteiger partial charge in [0.25, 0.3) is 0 Å². The third-order valence-electron chi connectivity index (χ3n) is 6.63. The number of methoxy groups -OCH3 is 1. The lowest BCUT2D eigenvalue weighted by Gasteiger charge is -2.50. The number of aryl methyl sites for hydroxylation is 1. The van der Waals surface area contributed by atoms with Crippen LogP contribution in [0.2, 0.25) is 0 Å². The van der Waals surface area contributed by atoms with E-state index in [0.717, 1.165) is 17.1 Å². The van der Waals surface area contributed by atoms with E-state index in [1.54, 1.807) is 7.11 Å². The Balaban J connectivity index is 0.00000240. The lowest BCUT2D eigenvalue weighted by molar-refractivity contribution is 0.0340. The fraction of sp³-hybridized carbons (Fsp3) is 0.520. The standard InChI is InChI=1S/C25H33NO2.ClH/c1-3-15-26-16-7-6-13-25(26)14-12-20-17-23(11-10-21(20)18-25)28-19-22-8-4-5-9-24(22)27-2;/h4-5,8-11,17H,3,6-7,12-16,18-19H2,1-2H3;1H. The maximum atomic E-state index is 6.11. The molecule has 1 heterocycles. The average Bonchev–Trinajstić information content (AvgIpc) is 2.74. The van der Waals surface area contributed by atoms with Gasteiger partial charge in [0.05, 0.1) is 7.11 Å². The van der Waals surface area contributed by atoms with E-state index < -0.39 is 0 Å². The summed E-state index contributed by atoms with van der Waals surface area (Å²) in [6.45, 7) is 5.38. The Morgan fingerprint density at radius 3 is 2.72 bits per heavy atom. The Kier molecular flexibility index (Phi) is 7.48. The van der Waals surface area contributed by atoms with Gasteiger partial charge in [0.15, 0.2) is 0 Å². The molecule has 0 N–H and O–H groups in total. The van der Waals surface area contributed by atoms with Crippen LogP contribution in [0.4, 0.5) is 0 Å². The molecule has 1 unspecified atom stereocenters. The number of hydrogen-bond acceptors (Lipinski definition) is 3. The third kappa shape index (κ3) is 4.73. The van der Waals surface area contributed by atoms with Gasteiger partial charge in [-0.25, -0.2) is 0 Å². The van der Waals surface area contributed by atoms with Crippen molar-refractivity contribution in [2.45, 2.75) is 64.0 Å². The number of piperidine rings is 1. The lowest BCUT2D eigenvalue weighted by Crippen LogP contribution is -2.55. The van der Waals surface area contributed by atoms with Crippen molar-refractivity contribution in [1.82, 2.24) is 4.90 Å². The van der Waals surface area contributed by atoms with Crippen LogP contribution in [0.5, 0.6) is 11.5 Å². The molecule has 0 aromatic heterocycles. The van der Waals surface area contributed by atoms with E-state index in [0.29, 0.717) is 12.1 Å². The first-order valence-corrected chi connectivity index (χ1v) is 10.9. The molecule has 29 heavy (non-hydrogen) atoms. The second kappa shape index (κ2) is 9.86. The zero-order chi connectivity index (χ0) is 19.4. The van der Waals surface area contributed by atoms with Crippen molar-refractivity contribution < 1.29 is 9.47 Å². The Morgan fingerprint density at radius 1 is 1.03 bits per heavy atom. The normalized spacial score (nSPS) is 21.3. The molecule has 0 radical (unpaired) electrons. The SMILES string of the molecule is CCCN1CCCCC12CCc1cc(OCc3ccccc3OC)ccc1C2.Cl. The second-order valence-corrected chi connectivity index (χ2v) is 8.38. The third-order valence-corrected chi connectivity index (χ3v) is 6.63. The lowest BCUT2D eigenvalue weighted by atomic mass is 9.72. The predicted octanol–water partition coefficient (Wildman–Crippen LogP) is 5.82. The molecule has 0 bridgehead atoms. The molecule has 158 valence electrons. The number of hydrogen-bond donors (Lipinski definition) is 0. The van der Waals surface area contributed by atoms with Crippen LogP contribution in [-0.2, 0) is 19.4 Å². The van der Waals surface area contributed by atoms with Crippen molar-refractivity contribution in [2.24, 2.45) is 0 Å². The largest absolute Gasteiger partial charge is 0.496 e. The topological polar surface area (TPSA) is 21.7 Å². The summed E-state index contributed by atoms with van der Waals surface area (Å²) in [5, 5.41) is 0. The number of halogens is 1. The van der Waals surface area contributed by atoms with Crippen LogP contribution in [-0.4, -0.2) is 30.6 Å². The van der Waals surface area contributed by atoms with E-state index >= 15 is 0 Å². The van der Waals surface area contributed by atoms with Gasteiger partial charge in [-0.1, -0.05) is 37.6 Å². The highest BCUT2D eigenvalue weighted by Crippen LogP contribution is 2.40. The van der Waals surface area contributed by atoms with E-state index in [2.05, 4.69) is 36.1 Å². The van der Waals surface area contributed by atoms with Gasteiger partial charge in [-0.2, -0.15) is 0 Å². The van der Waals surface area contributed by atoms with E-state index in [1.807, 2.05) is 18.2 Å². The van der Waals surface area contributed by atoms with Gasteiger partial charge in [-0.05, 0) is 80.9 Å². The fourth-order valence-electron chi connectivity index (χ4n) is 5.14. The molecule has 1 aliphatic heterocycles. The number of rotatable bonds is 6. The average molecular weight is 416 g/mol. The summed E-state index contributed by atoms with van der Waals surface area (Å²) in [7, 11) is 1.71. The zero-order valence-electron chi connectivity index (χ0n) is 17.8. The number of ether oxygens (including phenoxy) is 2. The van der Waals surface area contributed by atoms with Crippen LogP contribution in [0, 0.1) is 0 Å². The number of para-hydroxylation sites is 1. The minimum Gasteiger partial charge on any atom is -0.496 e. The van der Waals surface area contributed by atoms with Gasteiger partial charge in [-0.3, -0.25) is 4.90 Å². The van der Waals surface area contributed by atoms with Crippen molar-refractivity contribution >= 4 is 12.4 Å². The highest BCUT2D eigenvalue weighted by molar-refractivity contribution is 5.85. The molecule has 3 nitrogen and oxygen atoms in total. The summed E-state index contributed by atoms with van der Waals surface area (Å²) in [6, 6.07) is 14.8.